The van der Waals surface area contributed by atoms with Crippen LogP contribution in [0.4, 0.5) is 0 Å². The van der Waals surface area contributed by atoms with E-state index in [4.69, 9.17) is 9.47 Å². The van der Waals surface area contributed by atoms with Crippen molar-refractivity contribution >= 4 is 10.0 Å². The molecule has 4 rings (SSSR count). The molecule has 0 aliphatic heterocycles. The van der Waals surface area contributed by atoms with Crippen molar-refractivity contribution in [2.24, 2.45) is 0 Å². The molecular formula is C32H36O2S. The van der Waals surface area contributed by atoms with E-state index >= 15 is 0 Å². The molecule has 0 aliphatic carbocycles. The van der Waals surface area contributed by atoms with E-state index in [1.807, 2.05) is 0 Å². The van der Waals surface area contributed by atoms with E-state index in [9.17, 15) is 0 Å². The Bertz CT molecular complexity index is 1040. The molecule has 4 aromatic carbocycles. The first-order valence-electron chi connectivity index (χ1n) is 12.7. The molecule has 0 atom stereocenters. The Hall–Kier alpha value is -3.17. The molecule has 0 aliphatic rings. The molecular weight excluding hydrogens is 448 g/mol. The van der Waals surface area contributed by atoms with Gasteiger partial charge in [-0.15, -0.1) is 10.0 Å². The predicted octanol–water partition coefficient (Wildman–Crippen LogP) is 9.39. The normalized spacial score (nSPS) is 11.7. The topological polar surface area (TPSA) is 18.5 Å². The number of hydrogen-bond acceptors (Lipinski definition) is 2. The fourth-order valence-electron chi connectivity index (χ4n) is 4.21. The average molecular weight is 485 g/mol. The summed E-state index contributed by atoms with van der Waals surface area (Å²) in [7, 11) is -1.71. The second-order valence-electron chi connectivity index (χ2n) is 8.59. The summed E-state index contributed by atoms with van der Waals surface area (Å²) >= 11 is 0. The van der Waals surface area contributed by atoms with Gasteiger partial charge in [0.1, 0.15) is 11.5 Å². The molecule has 35 heavy (non-hydrogen) atoms. The van der Waals surface area contributed by atoms with Gasteiger partial charge in [0.15, 0.2) is 0 Å². The molecule has 182 valence electrons. The van der Waals surface area contributed by atoms with Gasteiger partial charge in [-0.05, 0) is 85.6 Å². The Kier molecular flexibility index (Phi) is 8.91. The van der Waals surface area contributed by atoms with Crippen molar-refractivity contribution in [1.82, 2.24) is 0 Å². The monoisotopic (exact) mass is 484 g/mol. The van der Waals surface area contributed by atoms with Gasteiger partial charge in [-0.2, -0.15) is 0 Å². The van der Waals surface area contributed by atoms with E-state index in [0.29, 0.717) is 0 Å². The van der Waals surface area contributed by atoms with E-state index in [2.05, 4.69) is 123 Å². The Labute approximate surface area is 212 Å². The molecule has 0 unspecified atom stereocenters. The van der Waals surface area contributed by atoms with Crippen LogP contribution in [0.2, 0.25) is 0 Å². The van der Waals surface area contributed by atoms with Crippen LogP contribution >= 0.6 is 10.0 Å². The minimum Gasteiger partial charge on any atom is -0.494 e. The summed E-state index contributed by atoms with van der Waals surface area (Å²) in [6.45, 7) is 5.88. The number of ether oxygens (including phenoxy) is 2. The van der Waals surface area contributed by atoms with E-state index in [0.717, 1.165) is 50.4 Å². The third kappa shape index (κ3) is 5.74. The van der Waals surface area contributed by atoms with E-state index in [1.165, 1.54) is 19.6 Å². The highest BCUT2D eigenvalue weighted by atomic mass is 32.3. The Morgan fingerprint density at radius 3 is 1.14 bits per heavy atom. The summed E-state index contributed by atoms with van der Waals surface area (Å²) in [5.74, 6) is 1.85. The smallest absolute Gasteiger partial charge is 0.119 e. The van der Waals surface area contributed by atoms with E-state index in [1.54, 1.807) is 0 Å². The second kappa shape index (κ2) is 12.5. The van der Waals surface area contributed by atoms with Crippen LogP contribution in [0.15, 0.2) is 129 Å². The van der Waals surface area contributed by atoms with Crippen LogP contribution in [0, 0.1) is 0 Å². The van der Waals surface area contributed by atoms with Crippen LogP contribution in [-0.4, -0.2) is 13.2 Å². The molecule has 2 nitrogen and oxygen atoms in total. The minimum atomic E-state index is -1.71. The van der Waals surface area contributed by atoms with Crippen molar-refractivity contribution in [3.8, 4) is 11.5 Å². The van der Waals surface area contributed by atoms with Gasteiger partial charge >= 0.3 is 0 Å². The zero-order valence-corrected chi connectivity index (χ0v) is 21.7. The maximum atomic E-state index is 5.99. The van der Waals surface area contributed by atoms with Gasteiger partial charge in [-0.3, -0.25) is 0 Å². The summed E-state index contributed by atoms with van der Waals surface area (Å²) in [4.78, 5) is 5.20. The SMILES string of the molecule is CCCCOc1ccc(S(c2ccccc2)(c2ccccc2)c2ccc(OCCCC)cc2)cc1. The minimum absolute atomic E-state index is 0.755. The summed E-state index contributed by atoms with van der Waals surface area (Å²) in [6, 6.07) is 39.3. The van der Waals surface area contributed by atoms with Crippen LogP contribution in [0.5, 0.6) is 11.5 Å². The maximum absolute atomic E-state index is 5.99. The van der Waals surface area contributed by atoms with Crippen LogP contribution in [-0.2, 0) is 0 Å². The number of rotatable bonds is 12. The second-order valence-corrected chi connectivity index (χ2v) is 11.7. The third-order valence-corrected chi connectivity index (χ3v) is 10.00. The molecule has 0 radical (unpaired) electrons. The highest BCUT2D eigenvalue weighted by Gasteiger charge is 2.33. The quantitative estimate of drug-likeness (QED) is 0.186. The lowest BCUT2D eigenvalue weighted by atomic mass is 10.3. The largest absolute Gasteiger partial charge is 0.494 e. The van der Waals surface area contributed by atoms with Crippen LogP contribution < -0.4 is 9.47 Å². The van der Waals surface area contributed by atoms with E-state index < -0.39 is 10.0 Å². The predicted molar refractivity (Wildman–Crippen MR) is 147 cm³/mol. The fraction of sp³-hybridized carbons (Fsp3) is 0.250. The summed E-state index contributed by atoms with van der Waals surface area (Å²) in [5.41, 5.74) is 0. The highest BCUT2D eigenvalue weighted by Crippen LogP contribution is 2.73. The van der Waals surface area contributed by atoms with Crippen molar-refractivity contribution in [3.63, 3.8) is 0 Å². The number of unbranched alkanes of at least 4 members (excludes halogenated alkanes) is 2. The Morgan fingerprint density at radius 1 is 0.457 bits per heavy atom. The van der Waals surface area contributed by atoms with Gasteiger partial charge in [-0.25, -0.2) is 0 Å². The summed E-state index contributed by atoms with van der Waals surface area (Å²) in [5, 5.41) is 0. The van der Waals surface area contributed by atoms with Crippen molar-refractivity contribution in [2.75, 3.05) is 13.2 Å². The first-order valence-corrected chi connectivity index (χ1v) is 14.3. The molecule has 0 fully saturated rings. The standard InChI is InChI=1S/C32H36O2S/c1-3-5-25-33-27-17-21-31(22-18-27)35(29-13-9-7-10-14-29,30-15-11-8-12-16-30)32-23-19-28(20-24-32)34-26-6-4-2/h7-24H,3-6,25-26H2,1-2H3. The average Bonchev–Trinajstić information content (AvgIpc) is 2.92. The molecule has 0 aromatic heterocycles. The zero-order chi connectivity index (χ0) is 24.3. The molecule has 0 spiro atoms. The molecule has 0 heterocycles. The molecule has 3 heteroatoms. The first-order chi connectivity index (χ1) is 17.3. The summed E-state index contributed by atoms with van der Waals surface area (Å²) in [6.07, 6.45) is 4.40. The zero-order valence-electron chi connectivity index (χ0n) is 20.9. The highest BCUT2D eigenvalue weighted by molar-refractivity contribution is 8.34. The third-order valence-electron chi connectivity index (χ3n) is 6.08. The van der Waals surface area contributed by atoms with Crippen molar-refractivity contribution < 1.29 is 9.47 Å². The van der Waals surface area contributed by atoms with Crippen molar-refractivity contribution in [1.29, 1.82) is 0 Å². The van der Waals surface area contributed by atoms with Crippen LogP contribution in [0.1, 0.15) is 39.5 Å². The molecule has 0 amide bonds. The van der Waals surface area contributed by atoms with Gasteiger partial charge < -0.3 is 9.47 Å². The lowest BCUT2D eigenvalue weighted by molar-refractivity contribution is 0.309. The van der Waals surface area contributed by atoms with Gasteiger partial charge in [-0.1, -0.05) is 63.1 Å². The van der Waals surface area contributed by atoms with Gasteiger partial charge in [0, 0.05) is 19.6 Å². The van der Waals surface area contributed by atoms with Crippen molar-refractivity contribution in [3.05, 3.63) is 109 Å². The first kappa shape index (κ1) is 24.9. The molecule has 4 aromatic rings. The Balaban J connectivity index is 1.84. The van der Waals surface area contributed by atoms with Crippen LogP contribution in [0.25, 0.3) is 0 Å². The van der Waals surface area contributed by atoms with Crippen LogP contribution in [0.3, 0.4) is 0 Å². The summed E-state index contributed by atoms with van der Waals surface area (Å²) < 4.78 is 12.0. The maximum Gasteiger partial charge on any atom is 0.119 e. The molecule has 0 saturated carbocycles. The van der Waals surface area contributed by atoms with E-state index in [-0.39, 0.29) is 0 Å². The van der Waals surface area contributed by atoms with Gasteiger partial charge in [0.2, 0.25) is 0 Å². The fourth-order valence-corrected chi connectivity index (χ4v) is 8.07. The Morgan fingerprint density at radius 2 is 0.800 bits per heavy atom. The van der Waals surface area contributed by atoms with Gasteiger partial charge in [0.05, 0.1) is 13.2 Å². The lowest BCUT2D eigenvalue weighted by Crippen LogP contribution is -2.05. The molecule has 0 bridgehead atoms. The lowest BCUT2D eigenvalue weighted by Gasteiger charge is -2.42. The number of hydrogen-bond donors (Lipinski definition) is 0. The van der Waals surface area contributed by atoms with Crippen molar-refractivity contribution in [2.45, 2.75) is 59.1 Å². The molecule has 0 N–H and O–H groups in total. The molecule has 0 saturated heterocycles. The van der Waals surface area contributed by atoms with Gasteiger partial charge in [0.25, 0.3) is 0 Å². The number of benzene rings is 4.